The molecular formula is C17H24N2O4. The molecule has 126 valence electrons. The number of para-hydroxylation sites is 1. The summed E-state index contributed by atoms with van der Waals surface area (Å²) in [5.74, 6) is -0.104. The van der Waals surface area contributed by atoms with Crippen molar-refractivity contribution in [3.8, 4) is 11.5 Å². The summed E-state index contributed by atoms with van der Waals surface area (Å²) in [6.07, 6.45) is 3.62. The zero-order valence-electron chi connectivity index (χ0n) is 13.4. The van der Waals surface area contributed by atoms with Crippen molar-refractivity contribution in [3.05, 3.63) is 23.8 Å². The van der Waals surface area contributed by atoms with Crippen molar-refractivity contribution in [2.24, 2.45) is 0 Å². The van der Waals surface area contributed by atoms with E-state index in [1.54, 1.807) is 18.2 Å². The number of hydrogen-bond donors (Lipinski definition) is 3. The molecule has 0 saturated carbocycles. The Morgan fingerprint density at radius 3 is 2.96 bits per heavy atom. The maximum absolute atomic E-state index is 12.6. The van der Waals surface area contributed by atoms with Crippen molar-refractivity contribution in [1.29, 1.82) is 0 Å². The monoisotopic (exact) mass is 320 g/mol. The van der Waals surface area contributed by atoms with Gasteiger partial charge < -0.3 is 25.2 Å². The van der Waals surface area contributed by atoms with E-state index in [4.69, 9.17) is 9.47 Å². The van der Waals surface area contributed by atoms with Crippen LogP contribution in [-0.2, 0) is 4.74 Å². The first kappa shape index (κ1) is 16.1. The summed E-state index contributed by atoms with van der Waals surface area (Å²) >= 11 is 0. The van der Waals surface area contributed by atoms with Crippen LogP contribution in [-0.4, -0.2) is 49.5 Å². The number of benzene rings is 1. The van der Waals surface area contributed by atoms with E-state index in [-0.39, 0.29) is 28.9 Å². The largest absolute Gasteiger partial charge is 0.504 e. The van der Waals surface area contributed by atoms with Crippen LogP contribution in [0.4, 0.5) is 0 Å². The van der Waals surface area contributed by atoms with Crippen LogP contribution in [0.2, 0.25) is 0 Å². The molecule has 0 bridgehead atoms. The van der Waals surface area contributed by atoms with Crippen molar-refractivity contribution in [2.75, 3.05) is 26.8 Å². The summed E-state index contributed by atoms with van der Waals surface area (Å²) in [5, 5.41) is 16.6. The summed E-state index contributed by atoms with van der Waals surface area (Å²) in [6.45, 7) is 2.55. The molecule has 1 aromatic rings. The second-order valence-corrected chi connectivity index (χ2v) is 6.19. The third kappa shape index (κ3) is 3.14. The SMILES string of the molecule is COc1cccc(C(=O)NC2CCCOC23CCNCC3)c1O. The number of carbonyl (C=O) groups is 1. The van der Waals surface area contributed by atoms with Crippen LogP contribution in [0.1, 0.15) is 36.0 Å². The predicted octanol–water partition coefficient (Wildman–Crippen LogP) is 1.43. The fraction of sp³-hybridized carbons (Fsp3) is 0.588. The van der Waals surface area contributed by atoms with Crippen LogP contribution in [0.25, 0.3) is 0 Å². The number of rotatable bonds is 3. The number of hydrogen-bond acceptors (Lipinski definition) is 5. The number of amides is 1. The van der Waals surface area contributed by atoms with Gasteiger partial charge >= 0.3 is 0 Å². The Hall–Kier alpha value is -1.79. The van der Waals surface area contributed by atoms with Gasteiger partial charge in [0.15, 0.2) is 11.5 Å². The Kier molecular flexibility index (Phi) is 4.73. The van der Waals surface area contributed by atoms with E-state index in [9.17, 15) is 9.90 Å². The quantitative estimate of drug-likeness (QED) is 0.785. The lowest BCUT2D eigenvalue weighted by Crippen LogP contribution is -2.60. The number of phenols is 1. The van der Waals surface area contributed by atoms with E-state index in [1.807, 2.05) is 0 Å². The van der Waals surface area contributed by atoms with E-state index < -0.39 is 0 Å². The molecule has 3 N–H and O–H groups in total. The minimum Gasteiger partial charge on any atom is -0.504 e. The minimum atomic E-state index is -0.284. The lowest BCUT2D eigenvalue weighted by atomic mass is 9.80. The van der Waals surface area contributed by atoms with Gasteiger partial charge in [0.2, 0.25) is 0 Å². The maximum Gasteiger partial charge on any atom is 0.255 e. The average Bonchev–Trinajstić information content (AvgIpc) is 2.58. The first-order valence-electron chi connectivity index (χ1n) is 8.18. The van der Waals surface area contributed by atoms with Gasteiger partial charge in [-0.2, -0.15) is 0 Å². The molecule has 2 fully saturated rings. The fourth-order valence-electron chi connectivity index (χ4n) is 3.58. The van der Waals surface area contributed by atoms with Crippen molar-refractivity contribution in [1.82, 2.24) is 10.6 Å². The Balaban J connectivity index is 1.78. The third-order valence-electron chi connectivity index (χ3n) is 4.88. The minimum absolute atomic E-state index is 0.0311. The fourth-order valence-corrected chi connectivity index (χ4v) is 3.58. The van der Waals surface area contributed by atoms with E-state index in [0.29, 0.717) is 5.75 Å². The molecule has 1 aromatic carbocycles. The Bertz CT molecular complexity index is 561. The van der Waals surface area contributed by atoms with Gasteiger partial charge in [-0.3, -0.25) is 4.79 Å². The predicted molar refractivity (Wildman–Crippen MR) is 85.9 cm³/mol. The lowest BCUT2D eigenvalue weighted by molar-refractivity contribution is -0.114. The third-order valence-corrected chi connectivity index (χ3v) is 4.88. The van der Waals surface area contributed by atoms with E-state index in [1.165, 1.54) is 7.11 Å². The molecule has 0 aliphatic carbocycles. The molecule has 6 nitrogen and oxygen atoms in total. The maximum atomic E-state index is 12.6. The Morgan fingerprint density at radius 1 is 1.43 bits per heavy atom. The second kappa shape index (κ2) is 6.76. The summed E-state index contributed by atoms with van der Waals surface area (Å²) in [6, 6.07) is 4.90. The van der Waals surface area contributed by atoms with Gasteiger partial charge in [-0.15, -0.1) is 0 Å². The van der Waals surface area contributed by atoms with Crippen molar-refractivity contribution in [3.63, 3.8) is 0 Å². The number of carbonyl (C=O) groups excluding carboxylic acids is 1. The van der Waals surface area contributed by atoms with Crippen LogP contribution >= 0.6 is 0 Å². The number of nitrogens with one attached hydrogen (secondary N) is 2. The van der Waals surface area contributed by atoms with Crippen LogP contribution in [0.5, 0.6) is 11.5 Å². The zero-order valence-corrected chi connectivity index (χ0v) is 13.4. The van der Waals surface area contributed by atoms with Crippen molar-refractivity contribution < 1.29 is 19.4 Å². The highest BCUT2D eigenvalue weighted by Gasteiger charge is 2.43. The summed E-state index contributed by atoms with van der Waals surface area (Å²) in [4.78, 5) is 12.6. The van der Waals surface area contributed by atoms with Gasteiger partial charge in [-0.05, 0) is 50.9 Å². The molecule has 1 spiro atoms. The van der Waals surface area contributed by atoms with Gasteiger partial charge in [-0.25, -0.2) is 0 Å². The molecule has 6 heteroatoms. The van der Waals surface area contributed by atoms with Crippen LogP contribution in [0.15, 0.2) is 18.2 Å². The number of phenolic OH excluding ortho intramolecular Hbond substituents is 1. The van der Waals surface area contributed by atoms with Gasteiger partial charge in [0.25, 0.3) is 5.91 Å². The number of ether oxygens (including phenoxy) is 2. The number of piperidine rings is 1. The first-order chi connectivity index (χ1) is 11.2. The van der Waals surface area contributed by atoms with Crippen molar-refractivity contribution in [2.45, 2.75) is 37.3 Å². The molecule has 2 aliphatic rings. The molecule has 2 aliphatic heterocycles. The van der Waals surface area contributed by atoms with E-state index in [2.05, 4.69) is 10.6 Å². The molecule has 1 amide bonds. The average molecular weight is 320 g/mol. The highest BCUT2D eigenvalue weighted by atomic mass is 16.5. The molecule has 1 atom stereocenters. The van der Waals surface area contributed by atoms with Gasteiger partial charge in [0.1, 0.15) is 0 Å². The van der Waals surface area contributed by atoms with Gasteiger partial charge in [0, 0.05) is 6.61 Å². The first-order valence-corrected chi connectivity index (χ1v) is 8.18. The molecule has 0 aromatic heterocycles. The van der Waals surface area contributed by atoms with Crippen LogP contribution in [0.3, 0.4) is 0 Å². The van der Waals surface area contributed by atoms with Crippen LogP contribution in [0, 0.1) is 0 Å². The van der Waals surface area contributed by atoms with Crippen molar-refractivity contribution >= 4 is 5.91 Å². The molecule has 1 unspecified atom stereocenters. The van der Waals surface area contributed by atoms with Gasteiger partial charge in [-0.1, -0.05) is 6.07 Å². The zero-order chi connectivity index (χ0) is 16.3. The summed E-state index contributed by atoms with van der Waals surface area (Å²) in [5.41, 5.74) is -0.0489. The van der Waals surface area contributed by atoms with E-state index in [0.717, 1.165) is 45.4 Å². The molecular weight excluding hydrogens is 296 g/mol. The Labute approximate surface area is 136 Å². The normalized spacial score (nSPS) is 23.4. The highest BCUT2D eigenvalue weighted by molar-refractivity contribution is 5.97. The smallest absolute Gasteiger partial charge is 0.255 e. The molecule has 2 saturated heterocycles. The van der Waals surface area contributed by atoms with Crippen LogP contribution < -0.4 is 15.4 Å². The topological polar surface area (TPSA) is 79.8 Å². The summed E-state index contributed by atoms with van der Waals surface area (Å²) < 4.78 is 11.2. The van der Waals surface area contributed by atoms with Gasteiger partial charge in [0.05, 0.1) is 24.3 Å². The molecule has 23 heavy (non-hydrogen) atoms. The molecule has 2 heterocycles. The summed E-state index contributed by atoms with van der Waals surface area (Å²) in [7, 11) is 1.47. The molecule has 0 radical (unpaired) electrons. The standard InChI is InChI=1S/C17H24N2O4/c1-22-13-5-2-4-12(15(13)20)16(21)19-14-6-3-11-23-17(14)7-9-18-10-8-17/h2,4-5,14,18,20H,3,6-11H2,1H3,(H,19,21). The van der Waals surface area contributed by atoms with E-state index >= 15 is 0 Å². The second-order valence-electron chi connectivity index (χ2n) is 6.19. The highest BCUT2D eigenvalue weighted by Crippen LogP contribution is 2.34. The number of aromatic hydroxyl groups is 1. The number of methoxy groups -OCH3 is 1. The molecule has 3 rings (SSSR count). The lowest BCUT2D eigenvalue weighted by Gasteiger charge is -2.46. The Morgan fingerprint density at radius 2 is 2.22 bits per heavy atom.